The Morgan fingerprint density at radius 2 is 2.09 bits per heavy atom. The second-order valence-electron chi connectivity index (χ2n) is 10.9. The van der Waals surface area contributed by atoms with Crippen molar-refractivity contribution in [3.63, 3.8) is 0 Å². The number of carbonyl (C=O) groups excluding carboxylic acids is 1. The molecule has 6 rings (SSSR count). The lowest BCUT2D eigenvalue weighted by molar-refractivity contribution is -0.127. The molecule has 0 fully saturated rings. The van der Waals surface area contributed by atoms with Gasteiger partial charge in [0.2, 0.25) is 5.91 Å². The molecule has 0 radical (unpaired) electrons. The Morgan fingerprint density at radius 3 is 2.83 bits per heavy atom. The molecule has 0 saturated carbocycles. The number of hydrogen-bond donors (Lipinski definition) is 1. The Bertz CT molecular complexity index is 2070. The first-order chi connectivity index (χ1) is 22.3. The highest BCUT2D eigenvalue weighted by Crippen LogP contribution is 2.45. The molecule has 1 aromatic carbocycles. The van der Waals surface area contributed by atoms with Gasteiger partial charge in [-0.15, -0.1) is 11.3 Å². The van der Waals surface area contributed by atoms with Crippen molar-refractivity contribution in [3.8, 4) is 22.6 Å². The van der Waals surface area contributed by atoms with Gasteiger partial charge in [-0.25, -0.2) is 13.8 Å². The Morgan fingerprint density at radius 1 is 1.26 bits per heavy atom. The summed E-state index contributed by atoms with van der Waals surface area (Å²) in [4.78, 5) is 19.4. The SMILES string of the molecule is C=CC(=O)N1Cc2cc(-c3nc(-c4ccc5c(cnn5C)c4)c4ccsc4c3C(/C(=C\C)OCCO)=C(F)/C=C/F)nn2[C@@H](C)C1. The van der Waals surface area contributed by atoms with E-state index in [1.54, 1.807) is 28.8 Å². The molecule has 0 unspecified atom stereocenters. The van der Waals surface area contributed by atoms with Crippen LogP contribution in [0.25, 0.3) is 49.2 Å². The van der Waals surface area contributed by atoms with Gasteiger partial charge >= 0.3 is 0 Å². The van der Waals surface area contributed by atoms with Crippen molar-refractivity contribution in [2.45, 2.75) is 26.4 Å². The number of aromatic nitrogens is 5. The number of aliphatic hydroxyl groups is 1. The van der Waals surface area contributed by atoms with E-state index in [2.05, 4.69) is 11.7 Å². The van der Waals surface area contributed by atoms with Crippen LogP contribution in [0.15, 0.2) is 84.6 Å². The van der Waals surface area contributed by atoms with Crippen molar-refractivity contribution in [2.24, 2.45) is 7.05 Å². The molecule has 9 nitrogen and oxygen atoms in total. The molecule has 1 N–H and O–H groups in total. The number of fused-ring (bicyclic) bond motifs is 3. The van der Waals surface area contributed by atoms with E-state index in [4.69, 9.17) is 14.8 Å². The van der Waals surface area contributed by atoms with Gasteiger partial charge < -0.3 is 14.7 Å². The zero-order chi connectivity index (χ0) is 32.5. The number of hydrogen-bond acceptors (Lipinski definition) is 7. The van der Waals surface area contributed by atoms with E-state index in [1.807, 2.05) is 54.4 Å². The Labute approximate surface area is 268 Å². The first-order valence-corrected chi connectivity index (χ1v) is 15.6. The minimum atomic E-state index is -0.879. The van der Waals surface area contributed by atoms with Crippen molar-refractivity contribution in [1.82, 2.24) is 29.4 Å². The van der Waals surface area contributed by atoms with E-state index in [0.29, 0.717) is 40.4 Å². The molecule has 1 atom stereocenters. The summed E-state index contributed by atoms with van der Waals surface area (Å²) < 4.78 is 39.7. The molecule has 0 aliphatic carbocycles. The van der Waals surface area contributed by atoms with Gasteiger partial charge in [-0.3, -0.25) is 14.2 Å². The molecule has 5 aromatic rings. The predicted octanol–water partition coefficient (Wildman–Crippen LogP) is 6.88. The van der Waals surface area contributed by atoms with Gasteiger partial charge in [0.25, 0.3) is 0 Å². The van der Waals surface area contributed by atoms with Gasteiger partial charge in [-0.05, 0) is 55.6 Å². The standard InChI is InChI=1S/C34H32F2N6O3S/c1-5-28(45-13-12-43)30(25(36)9-11-35)31-33(26-16-23-19-41(29(44)6-2)18-20(3)42(23)39-26)38-32(24-10-14-46-34(24)31)21-7-8-27-22(15-21)17-37-40(27)4/h5-11,14-17,20,43H,2,12-13,18-19H2,1,3-4H3/b11-9+,28-5+,30-25-/t20-/m0/s1. The summed E-state index contributed by atoms with van der Waals surface area (Å²) in [6.07, 6.45) is 5.51. The quantitative estimate of drug-likeness (QED) is 0.107. The molecule has 0 saturated heterocycles. The van der Waals surface area contributed by atoms with Crippen molar-refractivity contribution >= 4 is 43.8 Å². The van der Waals surface area contributed by atoms with Gasteiger partial charge in [0.15, 0.2) is 0 Å². The monoisotopic (exact) mass is 642 g/mol. The molecule has 1 amide bonds. The van der Waals surface area contributed by atoms with Crippen LogP contribution in [0.1, 0.15) is 31.1 Å². The Balaban J connectivity index is 1.66. The summed E-state index contributed by atoms with van der Waals surface area (Å²) in [5.74, 6) is -0.945. The largest absolute Gasteiger partial charge is 0.491 e. The fourth-order valence-corrected chi connectivity index (χ4v) is 6.88. The number of halogens is 2. The van der Waals surface area contributed by atoms with E-state index in [1.165, 1.54) is 17.4 Å². The van der Waals surface area contributed by atoms with Crippen molar-refractivity contribution in [2.75, 3.05) is 19.8 Å². The van der Waals surface area contributed by atoms with E-state index in [0.717, 1.165) is 33.6 Å². The molecule has 12 heteroatoms. The number of thiophene rings is 1. The normalized spacial score (nSPS) is 15.9. The number of pyridine rings is 1. The molecule has 46 heavy (non-hydrogen) atoms. The zero-order valence-electron chi connectivity index (χ0n) is 25.6. The van der Waals surface area contributed by atoms with Gasteiger partial charge in [-0.1, -0.05) is 12.6 Å². The lowest BCUT2D eigenvalue weighted by Crippen LogP contribution is -2.39. The summed E-state index contributed by atoms with van der Waals surface area (Å²) in [5.41, 5.74) is 4.39. The molecule has 236 valence electrons. The third kappa shape index (κ3) is 5.43. The molecule has 1 aliphatic rings. The maximum atomic E-state index is 16.1. The van der Waals surface area contributed by atoms with Crippen LogP contribution in [0.2, 0.25) is 0 Å². The lowest BCUT2D eigenvalue weighted by atomic mass is 9.95. The number of allylic oxidation sites excluding steroid dienone is 4. The highest BCUT2D eigenvalue weighted by Gasteiger charge is 2.30. The van der Waals surface area contributed by atoms with E-state index < -0.39 is 5.83 Å². The van der Waals surface area contributed by atoms with E-state index >= 15 is 4.39 Å². The molecular formula is C34H32F2N6O3S. The minimum absolute atomic E-state index is 0.0171. The number of benzene rings is 1. The number of carbonyl (C=O) groups is 1. The highest BCUT2D eigenvalue weighted by molar-refractivity contribution is 7.17. The molecule has 0 spiro atoms. The van der Waals surface area contributed by atoms with Crippen LogP contribution in [0.4, 0.5) is 8.78 Å². The third-order valence-corrected chi connectivity index (χ3v) is 8.91. The van der Waals surface area contributed by atoms with Crippen LogP contribution < -0.4 is 0 Å². The fraction of sp³-hybridized carbons (Fsp3) is 0.235. The number of rotatable bonds is 9. The first-order valence-electron chi connectivity index (χ1n) is 14.7. The van der Waals surface area contributed by atoms with Crippen molar-refractivity contribution in [1.29, 1.82) is 0 Å². The summed E-state index contributed by atoms with van der Waals surface area (Å²) >= 11 is 1.39. The van der Waals surface area contributed by atoms with Crippen LogP contribution in [0.3, 0.4) is 0 Å². The van der Waals surface area contributed by atoms with E-state index in [-0.39, 0.29) is 42.8 Å². The highest BCUT2D eigenvalue weighted by atomic mass is 32.1. The predicted molar refractivity (Wildman–Crippen MR) is 176 cm³/mol. The molecule has 5 heterocycles. The number of nitrogens with zero attached hydrogens (tertiary/aromatic N) is 6. The van der Waals surface area contributed by atoms with Crippen LogP contribution in [-0.4, -0.2) is 60.2 Å². The van der Waals surface area contributed by atoms with Crippen LogP contribution in [-0.2, 0) is 23.1 Å². The van der Waals surface area contributed by atoms with Gasteiger partial charge in [0, 0.05) is 46.3 Å². The van der Waals surface area contributed by atoms with Crippen molar-refractivity contribution in [3.05, 3.63) is 95.9 Å². The summed E-state index contributed by atoms with van der Waals surface area (Å²) in [6, 6.07) is 9.58. The number of aliphatic hydroxyl groups excluding tert-OH is 1. The number of aryl methyl sites for hydroxylation is 1. The lowest BCUT2D eigenvalue weighted by Gasteiger charge is -2.31. The van der Waals surface area contributed by atoms with Gasteiger partial charge in [-0.2, -0.15) is 10.2 Å². The molecule has 1 aliphatic heterocycles. The maximum Gasteiger partial charge on any atom is 0.246 e. The maximum absolute atomic E-state index is 16.1. The van der Waals surface area contributed by atoms with Crippen LogP contribution in [0, 0.1) is 0 Å². The fourth-order valence-electron chi connectivity index (χ4n) is 5.93. The van der Waals surface area contributed by atoms with Crippen molar-refractivity contribution < 1.29 is 23.4 Å². The number of amides is 1. The molecule has 0 bridgehead atoms. The van der Waals surface area contributed by atoms with Gasteiger partial charge in [0.1, 0.15) is 29.6 Å². The average Bonchev–Trinajstić information content (AvgIpc) is 3.81. The Kier molecular flexibility index (Phi) is 8.65. The molecule has 4 aromatic heterocycles. The summed E-state index contributed by atoms with van der Waals surface area (Å²) in [5, 5.41) is 22.4. The summed E-state index contributed by atoms with van der Waals surface area (Å²) in [6.45, 7) is 7.62. The summed E-state index contributed by atoms with van der Waals surface area (Å²) in [7, 11) is 1.88. The van der Waals surface area contributed by atoms with Crippen LogP contribution in [0.5, 0.6) is 0 Å². The Hall–Kier alpha value is -4.94. The number of ether oxygens (including phenoxy) is 1. The second-order valence-corrected chi connectivity index (χ2v) is 11.8. The minimum Gasteiger partial charge on any atom is -0.491 e. The topological polar surface area (TPSA) is 98.3 Å². The smallest absolute Gasteiger partial charge is 0.246 e. The zero-order valence-corrected chi connectivity index (χ0v) is 26.4. The average molecular weight is 643 g/mol. The second kappa shape index (κ2) is 12.8. The van der Waals surface area contributed by atoms with Gasteiger partial charge in [0.05, 0.1) is 54.2 Å². The van der Waals surface area contributed by atoms with E-state index in [9.17, 15) is 14.3 Å². The van der Waals surface area contributed by atoms with Crippen LogP contribution >= 0.6 is 11.3 Å². The first kappa shape index (κ1) is 31.1. The molecular weight excluding hydrogens is 610 g/mol. The third-order valence-electron chi connectivity index (χ3n) is 7.98.